The van der Waals surface area contributed by atoms with Gasteiger partial charge < -0.3 is 14.4 Å². The van der Waals surface area contributed by atoms with Gasteiger partial charge in [0, 0.05) is 11.6 Å². The third kappa shape index (κ3) is 4.28. The zero-order chi connectivity index (χ0) is 25.0. The molecule has 0 saturated heterocycles. The molecule has 14 nitrogen and oxygen atoms in total. The average Bonchev–Trinajstić information content (AvgIpc) is 2.81. The summed E-state index contributed by atoms with van der Waals surface area (Å²) in [7, 11) is -5.21. The molecule has 0 radical (unpaired) electrons. The Morgan fingerprint density at radius 2 is 1.74 bits per heavy atom. The molecule has 0 aliphatic heterocycles. The van der Waals surface area contributed by atoms with Crippen molar-refractivity contribution in [2.24, 2.45) is 15.4 Å². The number of aromatic hydroxyl groups is 2. The normalized spacial score (nSPS) is 12.2. The van der Waals surface area contributed by atoms with Crippen LogP contribution in [0.3, 0.4) is 0 Å². The van der Waals surface area contributed by atoms with E-state index in [2.05, 4.69) is 20.5 Å². The highest BCUT2D eigenvalue weighted by Gasteiger charge is 2.30. The van der Waals surface area contributed by atoms with Gasteiger partial charge in [-0.25, -0.2) is 0 Å². The van der Waals surface area contributed by atoms with E-state index in [-0.39, 0.29) is 11.6 Å². The Morgan fingerprint density at radius 1 is 1.06 bits per heavy atom. The lowest BCUT2D eigenvalue weighted by molar-refractivity contribution is 0.103. The van der Waals surface area contributed by atoms with Gasteiger partial charge in [0.25, 0.3) is 10.8 Å². The zero-order valence-electron chi connectivity index (χ0n) is 16.6. The maximum absolute atomic E-state index is 13.0. The molecule has 0 bridgehead atoms. The first-order valence-electron chi connectivity index (χ1n) is 8.89. The fourth-order valence-corrected chi connectivity index (χ4v) is 3.90. The van der Waals surface area contributed by atoms with Crippen LogP contribution in [0.4, 0.5) is 0 Å². The van der Waals surface area contributed by atoms with Gasteiger partial charge in [-0.3, -0.25) is 14.4 Å². The first-order chi connectivity index (χ1) is 16.1. The standard InChI is InChI=1S/C19H10N6O8S/c20-24-22-14-13(8-12(27)17(29)15(14)23-25-21)34(31,32)33-19-10(6-7-11(26)18(19)30)16(28)9-4-2-1-3-5-9/h1-8,20-21H/p+1. The van der Waals surface area contributed by atoms with Crippen LogP contribution in [0.1, 0.15) is 15.9 Å². The predicted molar refractivity (Wildman–Crippen MR) is 110 cm³/mol. The largest absolute Gasteiger partial charge is 0.504 e. The number of hydrogen-bond acceptors (Lipinski definition) is 12. The van der Waals surface area contributed by atoms with Crippen molar-refractivity contribution in [2.75, 3.05) is 0 Å². The van der Waals surface area contributed by atoms with Gasteiger partial charge in [-0.2, -0.15) is 13.9 Å². The first-order valence-corrected chi connectivity index (χ1v) is 10.3. The number of phenols is 2. The lowest BCUT2D eigenvalue weighted by Gasteiger charge is -2.13. The molecule has 0 spiro atoms. The molecule has 3 aromatic carbocycles. The van der Waals surface area contributed by atoms with Crippen LogP contribution >= 0.6 is 0 Å². The molecule has 0 fully saturated rings. The quantitative estimate of drug-likeness (QED) is 0.0827. The summed E-state index contributed by atoms with van der Waals surface area (Å²) >= 11 is 0. The Hall–Kier alpha value is -5.10. The Kier molecular flexibility index (Phi) is 6.36. The number of phenolic OH excluding ortho intramolecular Hbond substituents is 2. The number of nitrogens with one attached hydrogen (secondary N) is 1. The number of carbonyl (C=O) groups is 1. The molecule has 0 unspecified atom stereocenters. The Morgan fingerprint density at radius 3 is 2.35 bits per heavy atom. The number of rotatable bonds is 6. The van der Waals surface area contributed by atoms with E-state index in [0.29, 0.717) is 0 Å². The molecule has 3 N–H and O–H groups in total. The number of carbonyl (C=O) groups excluding carboxylic acids is 1. The van der Waals surface area contributed by atoms with Gasteiger partial charge in [0.05, 0.1) is 5.56 Å². The van der Waals surface area contributed by atoms with Crippen LogP contribution in [0.25, 0.3) is 5.08 Å². The molecule has 0 aliphatic carbocycles. The summed E-state index contributed by atoms with van der Waals surface area (Å²) in [6, 6.07) is 9.67. The van der Waals surface area contributed by atoms with Crippen molar-refractivity contribution in [3.63, 3.8) is 0 Å². The first kappa shape index (κ1) is 23.6. The molecule has 0 saturated carbocycles. The van der Waals surface area contributed by atoms with Crippen LogP contribution in [-0.2, 0) is 10.1 Å². The molecule has 0 aliphatic rings. The molecule has 3 rings (SSSR count). The second-order valence-electron chi connectivity index (χ2n) is 6.33. The molecular formula is C19H11N6O8S+. The number of ketones is 1. The number of hydrogen-bond donors (Lipinski definition) is 3. The summed E-state index contributed by atoms with van der Waals surface area (Å²) < 4.78 is 30.9. The number of nitrogens with zero attached hydrogens (tertiary/aromatic N) is 5. The summed E-state index contributed by atoms with van der Waals surface area (Å²) in [6.45, 7) is 0. The zero-order valence-corrected chi connectivity index (χ0v) is 17.4. The van der Waals surface area contributed by atoms with E-state index >= 15 is 0 Å². The van der Waals surface area contributed by atoms with Crippen molar-refractivity contribution in [2.45, 2.75) is 4.90 Å². The minimum Gasteiger partial charge on any atom is -0.504 e. The summed E-state index contributed by atoms with van der Waals surface area (Å²) in [4.78, 5) is 35.7. The van der Waals surface area contributed by atoms with Crippen LogP contribution in [0, 0.1) is 10.9 Å². The molecule has 15 heteroatoms. The third-order valence-corrected chi connectivity index (χ3v) is 5.54. The van der Waals surface area contributed by atoms with Crippen molar-refractivity contribution in [1.29, 1.82) is 10.9 Å². The van der Waals surface area contributed by atoms with Crippen molar-refractivity contribution in [1.82, 2.24) is 0 Å². The summed E-state index contributed by atoms with van der Waals surface area (Å²) in [5, 5.41) is 37.8. The molecular weight excluding hydrogens is 472 g/mol. The molecule has 0 amide bonds. The Bertz CT molecular complexity index is 1700. The van der Waals surface area contributed by atoms with Crippen LogP contribution in [-0.4, -0.2) is 24.4 Å². The monoisotopic (exact) mass is 483 g/mol. The van der Waals surface area contributed by atoms with Crippen LogP contribution in [0.2, 0.25) is 0 Å². The van der Waals surface area contributed by atoms with Gasteiger partial charge in [-0.05, 0) is 12.1 Å². The van der Waals surface area contributed by atoms with E-state index in [9.17, 15) is 33.0 Å². The van der Waals surface area contributed by atoms with E-state index in [4.69, 9.17) is 15.1 Å². The fraction of sp³-hybridized carbons (Fsp3) is 0. The Balaban J connectivity index is 2.30. The van der Waals surface area contributed by atoms with Crippen molar-refractivity contribution in [3.05, 3.63) is 95.9 Å². The fourth-order valence-electron chi connectivity index (χ4n) is 2.79. The van der Waals surface area contributed by atoms with Gasteiger partial charge >= 0.3 is 15.2 Å². The minimum absolute atomic E-state index is 0.0836. The summed E-state index contributed by atoms with van der Waals surface area (Å²) in [5.41, 5.74) is 3.54. The van der Waals surface area contributed by atoms with E-state index < -0.39 is 65.2 Å². The van der Waals surface area contributed by atoms with Crippen molar-refractivity contribution in [3.8, 4) is 17.2 Å². The molecule has 34 heavy (non-hydrogen) atoms. The van der Waals surface area contributed by atoms with Crippen molar-refractivity contribution < 1.29 is 27.6 Å². The number of benzene rings is 3. The van der Waals surface area contributed by atoms with Gasteiger partial charge in [-0.15, -0.1) is 5.10 Å². The SMILES string of the molecule is N#[N+]N=c1c(S(=O)(=O)Oc2c(C(=O)c3ccccc3)ccc(O)c2O)cc(=O)c(=O)c1=NN=N. The maximum atomic E-state index is 13.0. The van der Waals surface area contributed by atoms with Crippen molar-refractivity contribution >= 4 is 15.9 Å². The summed E-state index contributed by atoms with van der Waals surface area (Å²) in [5.74, 6) is -3.75. The van der Waals surface area contributed by atoms with Gasteiger partial charge in [-0.1, -0.05) is 35.6 Å². The maximum Gasteiger partial charge on any atom is 0.342 e. The van der Waals surface area contributed by atoms with E-state index in [1.165, 1.54) is 24.3 Å². The van der Waals surface area contributed by atoms with Gasteiger partial charge in [0.1, 0.15) is 4.90 Å². The van der Waals surface area contributed by atoms with Gasteiger partial charge in [0.2, 0.25) is 16.5 Å². The number of diazo groups is 1. The van der Waals surface area contributed by atoms with E-state index in [0.717, 1.165) is 12.1 Å². The minimum atomic E-state index is -5.21. The molecule has 0 atom stereocenters. The van der Waals surface area contributed by atoms with Crippen LogP contribution in [0.15, 0.2) is 78.4 Å². The second-order valence-corrected chi connectivity index (χ2v) is 7.85. The smallest absolute Gasteiger partial charge is 0.342 e. The third-order valence-electron chi connectivity index (χ3n) is 4.31. The molecule has 0 heterocycles. The van der Waals surface area contributed by atoms with Crippen LogP contribution < -0.4 is 25.8 Å². The Labute approximate surface area is 188 Å². The highest BCUT2D eigenvalue weighted by Crippen LogP contribution is 2.40. The molecule has 170 valence electrons. The predicted octanol–water partition coefficient (Wildman–Crippen LogP) is 0.208. The lowest BCUT2D eigenvalue weighted by Crippen LogP contribution is -2.49. The topological polar surface area (TPSA) is 224 Å². The lowest BCUT2D eigenvalue weighted by atomic mass is 10.0. The van der Waals surface area contributed by atoms with E-state index in [1.54, 1.807) is 6.07 Å². The summed E-state index contributed by atoms with van der Waals surface area (Å²) in [6.07, 6.45) is 0. The van der Waals surface area contributed by atoms with E-state index in [1.807, 2.05) is 0 Å². The van der Waals surface area contributed by atoms with Crippen LogP contribution in [0.5, 0.6) is 17.2 Å². The molecule has 0 aromatic heterocycles. The second kappa shape index (κ2) is 9.18. The highest BCUT2D eigenvalue weighted by atomic mass is 32.2. The highest BCUT2D eigenvalue weighted by molar-refractivity contribution is 7.87. The average molecular weight is 483 g/mol. The molecule has 3 aromatic rings. The van der Waals surface area contributed by atoms with Gasteiger partial charge in [0.15, 0.2) is 27.7 Å².